The molecule has 5 nitrogen and oxygen atoms in total. The fraction of sp³-hybridized carbons (Fsp3) is 0.105. The van der Waals surface area contributed by atoms with Crippen LogP contribution in [0.2, 0.25) is 5.02 Å². The molecule has 0 saturated heterocycles. The minimum atomic E-state index is -0.293. The quantitative estimate of drug-likeness (QED) is 0.711. The number of halogens is 1. The molecular formula is C19H17ClN4O. The Kier molecular flexibility index (Phi) is 4.95. The summed E-state index contributed by atoms with van der Waals surface area (Å²) in [7, 11) is 0. The lowest BCUT2D eigenvalue weighted by molar-refractivity contribution is 0.102. The molecule has 0 atom stereocenters. The van der Waals surface area contributed by atoms with Crippen LogP contribution in [-0.4, -0.2) is 15.9 Å². The summed E-state index contributed by atoms with van der Waals surface area (Å²) in [5.74, 6) is 0.201. The summed E-state index contributed by atoms with van der Waals surface area (Å²) in [6.07, 6.45) is 1.34. The first kappa shape index (κ1) is 16.9. The second kappa shape index (κ2) is 7.32. The van der Waals surface area contributed by atoms with Crippen LogP contribution in [0.1, 0.15) is 21.6 Å². The van der Waals surface area contributed by atoms with E-state index >= 15 is 0 Å². The Bertz CT molecular complexity index is 927. The van der Waals surface area contributed by atoms with Crippen LogP contribution < -0.4 is 10.6 Å². The van der Waals surface area contributed by atoms with E-state index in [1.807, 2.05) is 50.2 Å². The largest absolute Gasteiger partial charge is 0.339 e. The number of carbonyl (C=O) groups is 1. The minimum Gasteiger partial charge on any atom is -0.339 e. The standard InChI is InChI=1S/C19H17ClN4O/c1-12-7-8-13(2)16(9-12)24-19(25)17-10-18(22-11-21-17)23-15-6-4-3-5-14(15)20/h3-11H,1-2H3,(H,24,25)(H,21,22,23). The van der Waals surface area contributed by atoms with Gasteiger partial charge in [-0.15, -0.1) is 0 Å². The van der Waals surface area contributed by atoms with Gasteiger partial charge in [0.2, 0.25) is 0 Å². The molecule has 6 heteroatoms. The number of anilines is 3. The van der Waals surface area contributed by atoms with Crippen molar-refractivity contribution in [2.45, 2.75) is 13.8 Å². The average molecular weight is 353 g/mol. The van der Waals surface area contributed by atoms with E-state index in [4.69, 9.17) is 11.6 Å². The third-order valence-corrected chi connectivity index (χ3v) is 4.01. The Labute approximate surface area is 151 Å². The molecule has 0 radical (unpaired) electrons. The van der Waals surface area contributed by atoms with Crippen molar-refractivity contribution in [3.8, 4) is 0 Å². The van der Waals surface area contributed by atoms with E-state index in [2.05, 4.69) is 20.6 Å². The molecule has 0 fully saturated rings. The lowest BCUT2D eigenvalue weighted by Crippen LogP contribution is -2.15. The van der Waals surface area contributed by atoms with Crippen LogP contribution in [0.15, 0.2) is 54.9 Å². The van der Waals surface area contributed by atoms with Crippen LogP contribution in [0.4, 0.5) is 17.2 Å². The Morgan fingerprint density at radius 1 is 1.00 bits per heavy atom. The van der Waals surface area contributed by atoms with Crippen LogP contribution in [0.3, 0.4) is 0 Å². The molecule has 0 spiro atoms. The Morgan fingerprint density at radius 3 is 2.60 bits per heavy atom. The number of rotatable bonds is 4. The van der Waals surface area contributed by atoms with Gasteiger partial charge in [0.1, 0.15) is 17.8 Å². The van der Waals surface area contributed by atoms with Crippen molar-refractivity contribution < 1.29 is 4.79 Å². The van der Waals surface area contributed by atoms with Gasteiger partial charge in [-0.05, 0) is 43.2 Å². The maximum atomic E-state index is 12.5. The molecule has 2 aromatic carbocycles. The molecule has 2 N–H and O–H groups in total. The molecule has 3 aromatic rings. The normalized spacial score (nSPS) is 10.4. The van der Waals surface area contributed by atoms with Gasteiger partial charge in [-0.25, -0.2) is 9.97 Å². The second-order valence-electron chi connectivity index (χ2n) is 5.67. The predicted octanol–water partition coefficient (Wildman–Crippen LogP) is 4.74. The number of benzene rings is 2. The summed E-state index contributed by atoms with van der Waals surface area (Å²) in [5, 5.41) is 6.55. The zero-order chi connectivity index (χ0) is 17.8. The van der Waals surface area contributed by atoms with E-state index in [0.29, 0.717) is 16.5 Å². The third-order valence-electron chi connectivity index (χ3n) is 3.68. The van der Waals surface area contributed by atoms with Crippen LogP contribution in [-0.2, 0) is 0 Å². The van der Waals surface area contributed by atoms with E-state index in [9.17, 15) is 4.79 Å². The molecular weight excluding hydrogens is 336 g/mol. The van der Waals surface area contributed by atoms with Gasteiger partial charge in [0.05, 0.1) is 10.7 Å². The zero-order valence-corrected chi connectivity index (χ0v) is 14.6. The highest BCUT2D eigenvalue weighted by Gasteiger charge is 2.11. The topological polar surface area (TPSA) is 66.9 Å². The van der Waals surface area contributed by atoms with Crippen molar-refractivity contribution in [2.24, 2.45) is 0 Å². The third kappa shape index (κ3) is 4.14. The van der Waals surface area contributed by atoms with Gasteiger partial charge in [0.15, 0.2) is 0 Å². The van der Waals surface area contributed by atoms with Crippen molar-refractivity contribution in [1.82, 2.24) is 9.97 Å². The lowest BCUT2D eigenvalue weighted by Gasteiger charge is -2.10. The molecule has 0 bridgehead atoms. The van der Waals surface area contributed by atoms with Gasteiger partial charge in [-0.1, -0.05) is 35.9 Å². The number of aryl methyl sites for hydroxylation is 2. The van der Waals surface area contributed by atoms with Crippen LogP contribution >= 0.6 is 11.6 Å². The molecule has 1 amide bonds. The summed E-state index contributed by atoms with van der Waals surface area (Å²) in [4.78, 5) is 20.7. The number of nitrogens with zero attached hydrogens (tertiary/aromatic N) is 2. The van der Waals surface area contributed by atoms with Crippen molar-refractivity contribution in [2.75, 3.05) is 10.6 Å². The van der Waals surface area contributed by atoms with Gasteiger partial charge in [0.25, 0.3) is 5.91 Å². The maximum Gasteiger partial charge on any atom is 0.274 e. The van der Waals surface area contributed by atoms with Crippen molar-refractivity contribution in [3.05, 3.63) is 76.7 Å². The summed E-state index contributed by atoms with van der Waals surface area (Å²) in [5.41, 5.74) is 3.81. The molecule has 126 valence electrons. The summed E-state index contributed by atoms with van der Waals surface area (Å²) >= 11 is 6.13. The first-order valence-corrected chi connectivity index (χ1v) is 8.13. The first-order chi connectivity index (χ1) is 12.0. The molecule has 3 rings (SSSR count). The van der Waals surface area contributed by atoms with Gasteiger partial charge in [-0.3, -0.25) is 4.79 Å². The number of nitrogens with one attached hydrogen (secondary N) is 2. The maximum absolute atomic E-state index is 12.5. The number of para-hydroxylation sites is 1. The number of hydrogen-bond donors (Lipinski definition) is 2. The van der Waals surface area contributed by atoms with Crippen molar-refractivity contribution >= 4 is 34.7 Å². The molecule has 0 aliphatic carbocycles. The molecule has 0 unspecified atom stereocenters. The number of aromatic nitrogens is 2. The molecule has 1 heterocycles. The van der Waals surface area contributed by atoms with E-state index in [0.717, 1.165) is 16.8 Å². The van der Waals surface area contributed by atoms with E-state index in [1.54, 1.807) is 12.1 Å². The van der Waals surface area contributed by atoms with Crippen molar-refractivity contribution in [3.63, 3.8) is 0 Å². The van der Waals surface area contributed by atoms with Gasteiger partial charge in [-0.2, -0.15) is 0 Å². The van der Waals surface area contributed by atoms with E-state index < -0.39 is 0 Å². The van der Waals surface area contributed by atoms with Gasteiger partial charge >= 0.3 is 0 Å². The number of hydrogen-bond acceptors (Lipinski definition) is 4. The zero-order valence-electron chi connectivity index (χ0n) is 13.9. The SMILES string of the molecule is Cc1ccc(C)c(NC(=O)c2cc(Nc3ccccc3Cl)ncn2)c1. The highest BCUT2D eigenvalue weighted by atomic mass is 35.5. The predicted molar refractivity (Wildman–Crippen MR) is 101 cm³/mol. The Balaban J connectivity index is 1.80. The molecule has 1 aromatic heterocycles. The molecule has 0 saturated carbocycles. The first-order valence-electron chi connectivity index (χ1n) is 7.75. The second-order valence-corrected chi connectivity index (χ2v) is 6.07. The van der Waals surface area contributed by atoms with Gasteiger partial charge in [0, 0.05) is 11.8 Å². The van der Waals surface area contributed by atoms with E-state index in [-0.39, 0.29) is 11.6 Å². The Morgan fingerprint density at radius 2 is 1.80 bits per heavy atom. The summed E-state index contributed by atoms with van der Waals surface area (Å²) in [6, 6.07) is 14.8. The molecule has 0 aliphatic rings. The monoisotopic (exact) mass is 352 g/mol. The fourth-order valence-electron chi connectivity index (χ4n) is 2.31. The molecule has 0 aliphatic heterocycles. The highest BCUT2D eigenvalue weighted by Crippen LogP contribution is 2.24. The van der Waals surface area contributed by atoms with Gasteiger partial charge < -0.3 is 10.6 Å². The summed E-state index contributed by atoms with van der Waals surface area (Å²) in [6.45, 7) is 3.92. The van der Waals surface area contributed by atoms with Crippen LogP contribution in [0.5, 0.6) is 0 Å². The number of amides is 1. The average Bonchev–Trinajstić information content (AvgIpc) is 2.60. The lowest BCUT2D eigenvalue weighted by atomic mass is 10.1. The number of carbonyl (C=O) groups excluding carboxylic acids is 1. The van der Waals surface area contributed by atoms with E-state index in [1.165, 1.54) is 6.33 Å². The van der Waals surface area contributed by atoms with Crippen molar-refractivity contribution in [1.29, 1.82) is 0 Å². The molecule has 25 heavy (non-hydrogen) atoms. The smallest absolute Gasteiger partial charge is 0.274 e. The summed E-state index contributed by atoms with van der Waals surface area (Å²) < 4.78 is 0. The van der Waals surface area contributed by atoms with Crippen LogP contribution in [0, 0.1) is 13.8 Å². The highest BCUT2D eigenvalue weighted by molar-refractivity contribution is 6.33. The Hall–Kier alpha value is -2.92. The minimum absolute atomic E-state index is 0.269. The fourth-order valence-corrected chi connectivity index (χ4v) is 2.49. The van der Waals surface area contributed by atoms with Crippen LogP contribution in [0.25, 0.3) is 0 Å².